The number of rotatable bonds is 7. The molecule has 0 saturated heterocycles. The zero-order valence-corrected chi connectivity index (χ0v) is 18.1. The number of hydrogen-bond acceptors (Lipinski definition) is 4. The first-order valence-electron chi connectivity index (χ1n) is 10.6. The zero-order chi connectivity index (χ0) is 21.1. The van der Waals surface area contributed by atoms with Crippen LogP contribution in [-0.2, 0) is 13.0 Å². The van der Waals surface area contributed by atoms with Crippen molar-refractivity contribution in [1.82, 2.24) is 15.1 Å². The summed E-state index contributed by atoms with van der Waals surface area (Å²) in [5.74, 6) is 0.792. The van der Waals surface area contributed by atoms with Crippen LogP contribution in [0, 0.1) is 12.3 Å². The highest BCUT2D eigenvalue weighted by atomic mass is 16.5. The molecule has 0 spiro atoms. The fourth-order valence-corrected chi connectivity index (χ4v) is 4.28. The molecule has 0 saturated carbocycles. The fraction of sp³-hybridized carbons (Fsp3) is 0.400. The van der Waals surface area contributed by atoms with Gasteiger partial charge in [0.2, 0.25) is 0 Å². The Hall–Kier alpha value is -2.63. The SMILES string of the molecule is Cc1ccc(-n2ncc3c2CC(C)(C)CC3NCc2cccc(OCCO)c2)cc1. The summed E-state index contributed by atoms with van der Waals surface area (Å²) >= 11 is 0. The molecule has 0 aliphatic heterocycles. The molecular weight excluding hydrogens is 374 g/mol. The van der Waals surface area contributed by atoms with E-state index in [9.17, 15) is 0 Å². The highest BCUT2D eigenvalue weighted by molar-refractivity contribution is 5.39. The monoisotopic (exact) mass is 405 g/mol. The summed E-state index contributed by atoms with van der Waals surface area (Å²) < 4.78 is 7.65. The lowest BCUT2D eigenvalue weighted by atomic mass is 9.74. The van der Waals surface area contributed by atoms with Crippen LogP contribution < -0.4 is 10.1 Å². The van der Waals surface area contributed by atoms with E-state index in [1.54, 1.807) is 0 Å². The molecule has 5 nitrogen and oxygen atoms in total. The van der Waals surface area contributed by atoms with Gasteiger partial charge in [-0.25, -0.2) is 4.68 Å². The third-order valence-corrected chi connectivity index (χ3v) is 5.77. The summed E-state index contributed by atoms with van der Waals surface area (Å²) in [6, 6.07) is 16.9. The Morgan fingerprint density at radius 1 is 1.20 bits per heavy atom. The van der Waals surface area contributed by atoms with Crippen molar-refractivity contribution in [3.63, 3.8) is 0 Å². The van der Waals surface area contributed by atoms with E-state index in [2.05, 4.69) is 61.1 Å². The van der Waals surface area contributed by atoms with Gasteiger partial charge in [0.25, 0.3) is 0 Å². The number of nitrogens with one attached hydrogen (secondary N) is 1. The van der Waals surface area contributed by atoms with Gasteiger partial charge in [0.15, 0.2) is 0 Å². The van der Waals surface area contributed by atoms with Gasteiger partial charge in [-0.3, -0.25) is 0 Å². The Morgan fingerprint density at radius 2 is 2.00 bits per heavy atom. The van der Waals surface area contributed by atoms with Crippen LogP contribution in [0.15, 0.2) is 54.7 Å². The number of aromatic nitrogens is 2. The van der Waals surface area contributed by atoms with Crippen LogP contribution >= 0.6 is 0 Å². The summed E-state index contributed by atoms with van der Waals surface area (Å²) in [6.45, 7) is 7.87. The number of aryl methyl sites for hydroxylation is 1. The van der Waals surface area contributed by atoms with Crippen molar-refractivity contribution < 1.29 is 9.84 Å². The van der Waals surface area contributed by atoms with Crippen LogP contribution in [0.3, 0.4) is 0 Å². The molecule has 2 aromatic carbocycles. The van der Waals surface area contributed by atoms with Crippen LogP contribution in [0.25, 0.3) is 5.69 Å². The van der Waals surface area contributed by atoms with Gasteiger partial charge in [-0.1, -0.05) is 43.7 Å². The number of aliphatic hydroxyl groups excluding tert-OH is 1. The molecular formula is C25H31N3O2. The van der Waals surface area contributed by atoms with Crippen molar-refractivity contribution in [1.29, 1.82) is 0 Å². The summed E-state index contributed by atoms with van der Waals surface area (Å²) in [5.41, 5.74) is 6.33. The van der Waals surface area contributed by atoms with E-state index in [0.29, 0.717) is 6.61 Å². The molecule has 0 amide bonds. The van der Waals surface area contributed by atoms with Gasteiger partial charge in [0.1, 0.15) is 12.4 Å². The Kier molecular flexibility index (Phi) is 5.93. The summed E-state index contributed by atoms with van der Waals surface area (Å²) in [7, 11) is 0. The normalized spacial score (nSPS) is 17.5. The number of aliphatic hydroxyl groups is 1. The molecule has 0 radical (unpaired) electrons. The van der Waals surface area contributed by atoms with Gasteiger partial charge < -0.3 is 15.2 Å². The molecule has 0 fully saturated rings. The molecule has 1 aromatic heterocycles. The molecule has 1 aliphatic carbocycles. The molecule has 30 heavy (non-hydrogen) atoms. The second-order valence-electron chi connectivity index (χ2n) is 8.99. The average molecular weight is 406 g/mol. The standard InChI is InChI=1S/C25H31N3O2/c1-18-7-9-20(10-8-18)28-24-15-25(2,3)14-23(22(24)17-27-28)26-16-19-5-4-6-21(13-19)30-12-11-29/h4-10,13,17,23,26,29H,11-12,14-16H2,1-3H3. The molecule has 1 unspecified atom stereocenters. The van der Waals surface area contributed by atoms with Crippen molar-refractivity contribution in [2.75, 3.05) is 13.2 Å². The lowest BCUT2D eigenvalue weighted by molar-refractivity contribution is 0.201. The van der Waals surface area contributed by atoms with Crippen LogP contribution in [0.2, 0.25) is 0 Å². The Labute approximate surface area is 178 Å². The van der Waals surface area contributed by atoms with Gasteiger partial charge in [-0.2, -0.15) is 5.10 Å². The first-order chi connectivity index (χ1) is 14.4. The van der Waals surface area contributed by atoms with Crippen LogP contribution in [0.5, 0.6) is 5.75 Å². The molecule has 158 valence electrons. The minimum absolute atomic E-state index is 0.0212. The molecule has 0 bridgehead atoms. The van der Waals surface area contributed by atoms with Crippen LogP contribution in [0.4, 0.5) is 0 Å². The predicted molar refractivity (Wildman–Crippen MR) is 119 cm³/mol. The number of benzene rings is 2. The van der Waals surface area contributed by atoms with E-state index in [4.69, 9.17) is 14.9 Å². The van der Waals surface area contributed by atoms with E-state index in [1.807, 2.05) is 24.4 Å². The predicted octanol–water partition coefficient (Wildman–Crippen LogP) is 4.36. The molecule has 1 heterocycles. The van der Waals surface area contributed by atoms with Crippen molar-refractivity contribution >= 4 is 0 Å². The molecule has 2 N–H and O–H groups in total. The Bertz CT molecular complexity index is 992. The van der Waals surface area contributed by atoms with Crippen LogP contribution in [0.1, 0.15) is 48.7 Å². The lowest BCUT2D eigenvalue weighted by Gasteiger charge is -2.36. The second kappa shape index (κ2) is 8.62. The van der Waals surface area contributed by atoms with Crippen LogP contribution in [-0.4, -0.2) is 28.1 Å². The van der Waals surface area contributed by atoms with Crippen molar-refractivity contribution in [3.8, 4) is 11.4 Å². The van der Waals surface area contributed by atoms with E-state index in [0.717, 1.165) is 30.8 Å². The highest BCUT2D eigenvalue weighted by Gasteiger charge is 2.35. The van der Waals surface area contributed by atoms with Crippen molar-refractivity contribution in [3.05, 3.63) is 77.1 Å². The van der Waals surface area contributed by atoms with Crippen molar-refractivity contribution in [2.24, 2.45) is 5.41 Å². The molecule has 1 atom stereocenters. The quantitative estimate of drug-likeness (QED) is 0.613. The third-order valence-electron chi connectivity index (χ3n) is 5.77. The Balaban J connectivity index is 1.55. The molecule has 1 aliphatic rings. The number of hydrogen-bond donors (Lipinski definition) is 2. The highest BCUT2D eigenvalue weighted by Crippen LogP contribution is 2.41. The molecule has 3 aromatic rings. The largest absolute Gasteiger partial charge is 0.491 e. The molecule has 4 rings (SSSR count). The molecule has 5 heteroatoms. The fourth-order valence-electron chi connectivity index (χ4n) is 4.28. The summed E-state index contributed by atoms with van der Waals surface area (Å²) in [4.78, 5) is 0. The lowest BCUT2D eigenvalue weighted by Crippen LogP contribution is -2.33. The first-order valence-corrected chi connectivity index (χ1v) is 10.6. The number of ether oxygens (including phenoxy) is 1. The number of nitrogens with zero attached hydrogens (tertiary/aromatic N) is 2. The van der Waals surface area contributed by atoms with Gasteiger partial charge in [0.05, 0.1) is 18.5 Å². The zero-order valence-electron chi connectivity index (χ0n) is 18.1. The van der Waals surface area contributed by atoms with E-state index in [-0.39, 0.29) is 18.1 Å². The van der Waals surface area contributed by atoms with E-state index >= 15 is 0 Å². The van der Waals surface area contributed by atoms with Gasteiger partial charge in [-0.05, 0) is 55.0 Å². The maximum atomic E-state index is 8.97. The van der Waals surface area contributed by atoms with Gasteiger partial charge in [-0.15, -0.1) is 0 Å². The van der Waals surface area contributed by atoms with Gasteiger partial charge >= 0.3 is 0 Å². The maximum absolute atomic E-state index is 8.97. The van der Waals surface area contributed by atoms with Gasteiger partial charge in [0, 0.05) is 23.8 Å². The summed E-state index contributed by atoms with van der Waals surface area (Å²) in [6.07, 6.45) is 4.11. The number of fused-ring (bicyclic) bond motifs is 1. The minimum atomic E-state index is 0.0212. The Morgan fingerprint density at radius 3 is 2.77 bits per heavy atom. The van der Waals surface area contributed by atoms with E-state index in [1.165, 1.54) is 22.4 Å². The third kappa shape index (κ3) is 4.58. The minimum Gasteiger partial charge on any atom is -0.491 e. The smallest absolute Gasteiger partial charge is 0.119 e. The maximum Gasteiger partial charge on any atom is 0.119 e. The van der Waals surface area contributed by atoms with Crippen molar-refractivity contribution in [2.45, 2.75) is 46.2 Å². The average Bonchev–Trinajstić information content (AvgIpc) is 3.14. The first kappa shape index (κ1) is 20.6. The van der Waals surface area contributed by atoms with E-state index < -0.39 is 0 Å². The second-order valence-corrected chi connectivity index (χ2v) is 8.99. The topological polar surface area (TPSA) is 59.3 Å². The summed E-state index contributed by atoms with van der Waals surface area (Å²) in [5, 5.41) is 17.5.